The molecule has 1 unspecified atom stereocenters. The third-order valence-corrected chi connectivity index (χ3v) is 4.51. The average molecular weight is 239 g/mol. The summed E-state index contributed by atoms with van der Waals surface area (Å²) >= 11 is 0. The zero-order valence-corrected chi connectivity index (χ0v) is 12.0. The fourth-order valence-corrected chi connectivity index (χ4v) is 3.27. The van der Waals surface area contributed by atoms with Crippen LogP contribution in [0, 0.1) is 5.92 Å². The summed E-state index contributed by atoms with van der Waals surface area (Å²) in [6, 6.07) is 1.44. The van der Waals surface area contributed by atoms with Crippen LogP contribution >= 0.6 is 0 Å². The first-order chi connectivity index (χ1) is 8.06. The third kappa shape index (κ3) is 3.43. The van der Waals surface area contributed by atoms with Gasteiger partial charge in [-0.25, -0.2) is 0 Å². The Bertz CT molecular complexity index is 242. The van der Waals surface area contributed by atoms with Gasteiger partial charge in [-0.05, 0) is 46.7 Å². The lowest BCUT2D eigenvalue weighted by atomic mass is 10.1. The molecule has 100 valence electrons. The number of likely N-dealkylation sites (tertiary alicyclic amines) is 1. The molecule has 3 nitrogen and oxygen atoms in total. The standard InChI is InChI=1S/C14H29N3/c1-12(2)16-7-8-17(13(3)9-16)11-14-5-6-15(4)10-14/h12-14H,5-11H2,1-4H3/t13-,14?/m0/s1. The number of hydrogen-bond acceptors (Lipinski definition) is 3. The van der Waals surface area contributed by atoms with Crippen molar-refractivity contribution in [2.45, 2.75) is 39.3 Å². The van der Waals surface area contributed by atoms with Crippen molar-refractivity contribution in [2.75, 3.05) is 46.3 Å². The molecule has 0 aromatic rings. The lowest BCUT2D eigenvalue weighted by molar-refractivity contribution is 0.0549. The van der Waals surface area contributed by atoms with E-state index in [2.05, 4.69) is 42.5 Å². The van der Waals surface area contributed by atoms with Crippen LogP contribution in [0.1, 0.15) is 27.2 Å². The van der Waals surface area contributed by atoms with E-state index in [1.807, 2.05) is 0 Å². The number of nitrogens with zero attached hydrogens (tertiary/aromatic N) is 3. The molecule has 0 amide bonds. The number of piperazine rings is 1. The van der Waals surface area contributed by atoms with Crippen molar-refractivity contribution in [3.8, 4) is 0 Å². The van der Waals surface area contributed by atoms with E-state index in [-0.39, 0.29) is 0 Å². The molecule has 0 aliphatic carbocycles. The van der Waals surface area contributed by atoms with Crippen LogP contribution in [-0.2, 0) is 0 Å². The predicted octanol–water partition coefficient (Wildman–Crippen LogP) is 1.35. The minimum atomic E-state index is 0.706. The molecular formula is C14H29N3. The van der Waals surface area contributed by atoms with Crippen molar-refractivity contribution in [1.29, 1.82) is 0 Å². The first-order valence-electron chi connectivity index (χ1n) is 7.23. The van der Waals surface area contributed by atoms with Crippen molar-refractivity contribution in [2.24, 2.45) is 5.92 Å². The van der Waals surface area contributed by atoms with Crippen molar-refractivity contribution in [1.82, 2.24) is 14.7 Å². The Labute approximate surface area is 107 Å². The van der Waals surface area contributed by atoms with Gasteiger partial charge in [0.15, 0.2) is 0 Å². The fraction of sp³-hybridized carbons (Fsp3) is 1.00. The Morgan fingerprint density at radius 3 is 2.41 bits per heavy atom. The summed E-state index contributed by atoms with van der Waals surface area (Å²) in [7, 11) is 2.25. The predicted molar refractivity (Wildman–Crippen MR) is 73.3 cm³/mol. The monoisotopic (exact) mass is 239 g/mol. The van der Waals surface area contributed by atoms with Gasteiger partial charge in [0, 0.05) is 44.8 Å². The highest BCUT2D eigenvalue weighted by molar-refractivity contribution is 4.84. The second-order valence-corrected chi connectivity index (χ2v) is 6.35. The zero-order valence-electron chi connectivity index (χ0n) is 12.0. The molecule has 2 atom stereocenters. The van der Waals surface area contributed by atoms with Gasteiger partial charge in [0.25, 0.3) is 0 Å². The van der Waals surface area contributed by atoms with E-state index in [1.54, 1.807) is 0 Å². The van der Waals surface area contributed by atoms with Crippen molar-refractivity contribution < 1.29 is 0 Å². The van der Waals surface area contributed by atoms with Crippen LogP contribution in [0.2, 0.25) is 0 Å². The highest BCUT2D eigenvalue weighted by Crippen LogP contribution is 2.19. The van der Waals surface area contributed by atoms with Crippen LogP contribution in [0.4, 0.5) is 0 Å². The molecule has 3 heteroatoms. The van der Waals surface area contributed by atoms with Crippen LogP contribution in [0.15, 0.2) is 0 Å². The maximum absolute atomic E-state index is 2.71. The molecule has 0 bridgehead atoms. The molecule has 2 aliphatic heterocycles. The summed E-state index contributed by atoms with van der Waals surface area (Å²) in [6.07, 6.45) is 1.40. The summed E-state index contributed by atoms with van der Waals surface area (Å²) in [5.41, 5.74) is 0. The minimum Gasteiger partial charge on any atom is -0.306 e. The highest BCUT2D eigenvalue weighted by Gasteiger charge is 2.28. The van der Waals surface area contributed by atoms with E-state index >= 15 is 0 Å². The minimum absolute atomic E-state index is 0.706. The summed E-state index contributed by atoms with van der Waals surface area (Å²) in [5, 5.41) is 0. The van der Waals surface area contributed by atoms with Gasteiger partial charge in [-0.3, -0.25) is 9.80 Å². The van der Waals surface area contributed by atoms with Gasteiger partial charge in [-0.15, -0.1) is 0 Å². The maximum Gasteiger partial charge on any atom is 0.0195 e. The molecule has 17 heavy (non-hydrogen) atoms. The highest BCUT2D eigenvalue weighted by atomic mass is 15.3. The molecule has 2 fully saturated rings. The normalized spacial score (nSPS) is 33.7. The van der Waals surface area contributed by atoms with Gasteiger partial charge in [-0.1, -0.05) is 0 Å². The molecular weight excluding hydrogens is 210 g/mol. The molecule has 2 heterocycles. The van der Waals surface area contributed by atoms with Gasteiger partial charge in [0.05, 0.1) is 0 Å². The van der Waals surface area contributed by atoms with E-state index < -0.39 is 0 Å². The third-order valence-electron chi connectivity index (χ3n) is 4.51. The Balaban J connectivity index is 1.79. The van der Waals surface area contributed by atoms with Gasteiger partial charge in [0.2, 0.25) is 0 Å². The van der Waals surface area contributed by atoms with Gasteiger partial charge in [0.1, 0.15) is 0 Å². The maximum atomic E-state index is 2.71. The molecule has 0 spiro atoms. The second-order valence-electron chi connectivity index (χ2n) is 6.35. The van der Waals surface area contributed by atoms with E-state index in [0.717, 1.165) is 12.0 Å². The molecule has 0 radical (unpaired) electrons. The van der Waals surface area contributed by atoms with Crippen LogP contribution < -0.4 is 0 Å². The largest absolute Gasteiger partial charge is 0.306 e. The Morgan fingerprint density at radius 2 is 1.88 bits per heavy atom. The van der Waals surface area contributed by atoms with E-state index in [1.165, 1.54) is 45.7 Å². The molecule has 0 N–H and O–H groups in total. The molecule has 2 rings (SSSR count). The second kappa shape index (κ2) is 5.68. The number of hydrogen-bond donors (Lipinski definition) is 0. The van der Waals surface area contributed by atoms with E-state index in [4.69, 9.17) is 0 Å². The first-order valence-corrected chi connectivity index (χ1v) is 7.23. The smallest absolute Gasteiger partial charge is 0.0195 e. The molecule has 0 saturated carbocycles. The van der Waals surface area contributed by atoms with Gasteiger partial charge >= 0.3 is 0 Å². The Hall–Kier alpha value is -0.120. The zero-order chi connectivity index (χ0) is 12.4. The summed E-state index contributed by atoms with van der Waals surface area (Å²) in [5.74, 6) is 0.910. The lowest BCUT2D eigenvalue weighted by Crippen LogP contribution is -2.54. The van der Waals surface area contributed by atoms with Crippen molar-refractivity contribution in [3.05, 3.63) is 0 Å². The molecule has 0 aromatic carbocycles. The van der Waals surface area contributed by atoms with E-state index in [0.29, 0.717) is 6.04 Å². The Kier molecular flexibility index (Phi) is 4.45. The number of rotatable bonds is 3. The quantitative estimate of drug-likeness (QED) is 0.736. The molecule has 0 aromatic heterocycles. The van der Waals surface area contributed by atoms with Gasteiger partial charge < -0.3 is 4.90 Å². The van der Waals surface area contributed by atoms with Crippen LogP contribution in [0.25, 0.3) is 0 Å². The van der Waals surface area contributed by atoms with Crippen molar-refractivity contribution >= 4 is 0 Å². The summed E-state index contributed by atoms with van der Waals surface area (Å²) in [6.45, 7) is 14.7. The van der Waals surface area contributed by atoms with E-state index in [9.17, 15) is 0 Å². The fourth-order valence-electron chi connectivity index (χ4n) is 3.27. The van der Waals surface area contributed by atoms with Crippen molar-refractivity contribution in [3.63, 3.8) is 0 Å². The molecule has 2 aliphatic rings. The topological polar surface area (TPSA) is 9.72 Å². The van der Waals surface area contributed by atoms with Gasteiger partial charge in [-0.2, -0.15) is 0 Å². The molecule has 2 saturated heterocycles. The summed E-state index contributed by atoms with van der Waals surface area (Å²) < 4.78 is 0. The summed E-state index contributed by atoms with van der Waals surface area (Å²) in [4.78, 5) is 7.80. The SMILES string of the molecule is CC(C)N1CCN(CC2CCN(C)C2)[C@@H](C)C1. The lowest BCUT2D eigenvalue weighted by Gasteiger charge is -2.42. The van der Waals surface area contributed by atoms with Crippen LogP contribution in [0.5, 0.6) is 0 Å². The Morgan fingerprint density at radius 1 is 1.12 bits per heavy atom. The average Bonchev–Trinajstić information content (AvgIpc) is 2.67. The van der Waals surface area contributed by atoms with Crippen LogP contribution in [0.3, 0.4) is 0 Å². The van der Waals surface area contributed by atoms with Crippen LogP contribution in [-0.4, -0.2) is 73.1 Å². The first kappa shape index (κ1) is 13.3.